The molecule has 4 saturated carbocycles. The summed E-state index contributed by atoms with van der Waals surface area (Å²) in [5.74, 6) is 1.77. The van der Waals surface area contributed by atoms with Crippen LogP contribution in [0.1, 0.15) is 119 Å². The van der Waals surface area contributed by atoms with E-state index < -0.39 is 0 Å². The van der Waals surface area contributed by atoms with E-state index in [1.165, 1.54) is 77.0 Å². The minimum Gasteiger partial charge on any atom is -0.294 e. The van der Waals surface area contributed by atoms with Crippen molar-refractivity contribution in [3.8, 4) is 0 Å². The van der Waals surface area contributed by atoms with Crippen molar-refractivity contribution >= 4 is 11.4 Å². The fourth-order valence-electron chi connectivity index (χ4n) is 7.69. The van der Waals surface area contributed by atoms with Crippen LogP contribution in [0.3, 0.4) is 0 Å². The summed E-state index contributed by atoms with van der Waals surface area (Å²) in [7, 11) is 0. The Hall–Kier alpha value is -0.660. The highest BCUT2D eigenvalue weighted by Crippen LogP contribution is 2.64. The van der Waals surface area contributed by atoms with Crippen LogP contribution in [-0.4, -0.2) is 24.5 Å². The van der Waals surface area contributed by atoms with E-state index in [1.807, 2.05) is 0 Å². The van der Waals surface area contributed by atoms with Crippen LogP contribution >= 0.6 is 0 Å². The third kappa shape index (κ3) is 3.43. The number of hydrogen-bond donors (Lipinski definition) is 0. The monoisotopic (exact) mass is 412 g/mol. The molecule has 0 aromatic carbocycles. The Kier molecular flexibility index (Phi) is 6.04. The molecule has 0 aliphatic heterocycles. The second kappa shape index (κ2) is 8.04. The maximum atomic E-state index is 5.10. The first-order chi connectivity index (χ1) is 14.1. The molecule has 30 heavy (non-hydrogen) atoms. The highest BCUT2D eigenvalue weighted by Gasteiger charge is 2.60. The molecule has 0 unspecified atom stereocenters. The first kappa shape index (κ1) is 22.5. The van der Waals surface area contributed by atoms with Gasteiger partial charge in [-0.2, -0.15) is 0 Å². The minimum absolute atomic E-state index is 0.393. The van der Waals surface area contributed by atoms with Crippen LogP contribution < -0.4 is 0 Å². The summed E-state index contributed by atoms with van der Waals surface area (Å²) in [4.78, 5) is 10.2. The summed E-state index contributed by atoms with van der Waals surface area (Å²) in [6, 6.07) is 0. The Morgan fingerprint density at radius 2 is 0.967 bits per heavy atom. The van der Waals surface area contributed by atoms with E-state index in [9.17, 15) is 0 Å². The van der Waals surface area contributed by atoms with Gasteiger partial charge in [-0.3, -0.25) is 9.98 Å². The molecular formula is C28H48N2. The quantitative estimate of drug-likeness (QED) is 0.344. The van der Waals surface area contributed by atoms with Gasteiger partial charge in [0.05, 0.1) is 0 Å². The van der Waals surface area contributed by atoms with Gasteiger partial charge in [-0.1, -0.05) is 67.2 Å². The average molecular weight is 413 g/mol. The van der Waals surface area contributed by atoms with Crippen LogP contribution in [0.15, 0.2) is 9.98 Å². The van der Waals surface area contributed by atoms with E-state index >= 15 is 0 Å². The second-order valence-corrected chi connectivity index (χ2v) is 12.8. The lowest BCUT2D eigenvalue weighted by Crippen LogP contribution is -2.32. The van der Waals surface area contributed by atoms with Gasteiger partial charge in [0.1, 0.15) is 0 Å². The summed E-state index contributed by atoms with van der Waals surface area (Å²) in [5.41, 5.74) is 4.84. The van der Waals surface area contributed by atoms with Crippen molar-refractivity contribution in [2.45, 2.75) is 119 Å². The molecule has 0 heterocycles. The molecule has 4 aliphatic rings. The molecule has 4 fully saturated rings. The Morgan fingerprint density at radius 1 is 0.600 bits per heavy atom. The SMILES string of the molecule is CC1(C)[C@@H]2CC[C@]1(C)C(=NCCCCCCCCN=C1C[C@H]3CC[C@@]1(C)C3(C)C)C2. The van der Waals surface area contributed by atoms with Crippen LogP contribution in [-0.2, 0) is 0 Å². The van der Waals surface area contributed by atoms with Crippen LogP contribution in [0.4, 0.5) is 0 Å². The van der Waals surface area contributed by atoms with E-state index in [0.29, 0.717) is 21.7 Å². The third-order valence-corrected chi connectivity index (χ3v) is 11.2. The van der Waals surface area contributed by atoms with Gasteiger partial charge in [0.25, 0.3) is 0 Å². The first-order valence-corrected chi connectivity index (χ1v) is 13.2. The van der Waals surface area contributed by atoms with Gasteiger partial charge in [0.2, 0.25) is 0 Å². The highest BCUT2D eigenvalue weighted by molar-refractivity contribution is 5.94. The summed E-state index contributed by atoms with van der Waals surface area (Å²) in [6.07, 6.45) is 16.1. The Bertz CT molecular complexity index is 639. The maximum Gasteiger partial charge on any atom is 0.0388 e. The number of unbranched alkanes of at least 4 members (excludes halogenated alkanes) is 5. The van der Waals surface area contributed by atoms with Gasteiger partial charge in [0, 0.05) is 35.3 Å². The van der Waals surface area contributed by atoms with Gasteiger partial charge in [-0.05, 0) is 74.0 Å². The zero-order valence-electron chi connectivity index (χ0n) is 20.9. The molecule has 2 heteroatoms. The van der Waals surface area contributed by atoms with Crippen molar-refractivity contribution in [3.05, 3.63) is 0 Å². The predicted octanol–water partition coefficient (Wildman–Crippen LogP) is 7.90. The summed E-state index contributed by atoms with van der Waals surface area (Å²) in [6.45, 7) is 17.0. The van der Waals surface area contributed by atoms with Crippen molar-refractivity contribution in [3.63, 3.8) is 0 Å². The molecular weight excluding hydrogens is 364 g/mol. The van der Waals surface area contributed by atoms with Crippen LogP contribution in [0, 0.1) is 33.5 Å². The lowest BCUT2D eigenvalue weighted by atomic mass is 9.70. The number of aliphatic imine (C=N–C) groups is 2. The number of fused-ring (bicyclic) bond motifs is 4. The molecule has 4 bridgehead atoms. The number of hydrogen-bond acceptors (Lipinski definition) is 2. The molecule has 4 aliphatic carbocycles. The van der Waals surface area contributed by atoms with E-state index in [1.54, 1.807) is 11.4 Å². The highest BCUT2D eigenvalue weighted by atomic mass is 14.8. The Morgan fingerprint density at radius 3 is 1.27 bits per heavy atom. The van der Waals surface area contributed by atoms with E-state index in [4.69, 9.17) is 9.98 Å². The maximum absolute atomic E-state index is 5.10. The van der Waals surface area contributed by atoms with E-state index in [2.05, 4.69) is 41.5 Å². The third-order valence-electron chi connectivity index (χ3n) is 11.2. The minimum atomic E-state index is 0.393. The smallest absolute Gasteiger partial charge is 0.0388 e. The van der Waals surface area contributed by atoms with Crippen LogP contribution in [0.2, 0.25) is 0 Å². The molecule has 0 amide bonds. The van der Waals surface area contributed by atoms with Gasteiger partial charge in [-0.25, -0.2) is 0 Å². The van der Waals surface area contributed by atoms with Crippen molar-refractivity contribution in [2.24, 2.45) is 43.5 Å². The normalized spacial score (nSPS) is 40.9. The average Bonchev–Trinajstić information content (AvgIpc) is 3.21. The van der Waals surface area contributed by atoms with Crippen molar-refractivity contribution in [1.29, 1.82) is 0 Å². The van der Waals surface area contributed by atoms with E-state index in [-0.39, 0.29) is 0 Å². The molecule has 4 rings (SSSR count). The lowest BCUT2D eigenvalue weighted by molar-refractivity contribution is 0.193. The zero-order chi connectivity index (χ0) is 21.6. The van der Waals surface area contributed by atoms with Gasteiger partial charge >= 0.3 is 0 Å². The number of rotatable bonds is 9. The lowest BCUT2D eigenvalue weighted by Gasteiger charge is -2.34. The summed E-state index contributed by atoms with van der Waals surface area (Å²) >= 11 is 0. The summed E-state index contributed by atoms with van der Waals surface area (Å²) < 4.78 is 0. The van der Waals surface area contributed by atoms with Gasteiger partial charge in [-0.15, -0.1) is 0 Å². The fourth-order valence-corrected chi connectivity index (χ4v) is 7.69. The van der Waals surface area contributed by atoms with Gasteiger partial charge in [0.15, 0.2) is 0 Å². The van der Waals surface area contributed by atoms with Crippen molar-refractivity contribution in [2.75, 3.05) is 13.1 Å². The predicted molar refractivity (Wildman–Crippen MR) is 131 cm³/mol. The Balaban J connectivity index is 1.08. The van der Waals surface area contributed by atoms with Gasteiger partial charge < -0.3 is 0 Å². The van der Waals surface area contributed by atoms with Crippen LogP contribution in [0.5, 0.6) is 0 Å². The second-order valence-electron chi connectivity index (χ2n) is 12.8. The summed E-state index contributed by atoms with van der Waals surface area (Å²) in [5, 5.41) is 0. The molecule has 0 saturated heterocycles. The molecule has 0 N–H and O–H groups in total. The van der Waals surface area contributed by atoms with Crippen molar-refractivity contribution < 1.29 is 0 Å². The zero-order valence-corrected chi connectivity index (χ0v) is 20.9. The standard InChI is InChI=1S/C28H48N2/c1-25(2)21-13-15-27(25,5)23(19-21)29-17-11-9-7-8-10-12-18-30-24-20-22-14-16-28(24,6)26(22,3)4/h21-22H,7-20H2,1-6H3/t21-,22-,27-,28-/m1/s1. The van der Waals surface area contributed by atoms with Crippen molar-refractivity contribution in [1.82, 2.24) is 0 Å². The fraction of sp³-hybridized carbons (Fsp3) is 0.929. The van der Waals surface area contributed by atoms with E-state index in [0.717, 1.165) is 24.9 Å². The van der Waals surface area contributed by atoms with Crippen LogP contribution in [0.25, 0.3) is 0 Å². The molecule has 0 aromatic rings. The Labute approximate surface area is 186 Å². The first-order valence-electron chi connectivity index (χ1n) is 13.2. The molecule has 2 nitrogen and oxygen atoms in total. The molecule has 170 valence electrons. The largest absolute Gasteiger partial charge is 0.294 e. The number of nitrogens with zero attached hydrogens (tertiary/aromatic N) is 2. The molecule has 0 spiro atoms. The molecule has 0 radical (unpaired) electrons. The topological polar surface area (TPSA) is 24.7 Å². The molecule has 0 aromatic heterocycles. The molecule has 4 atom stereocenters.